The van der Waals surface area contributed by atoms with E-state index in [4.69, 9.17) is 21.1 Å². The molecule has 1 aromatic heterocycles. The molecule has 6 nitrogen and oxygen atoms in total. The van der Waals surface area contributed by atoms with Crippen molar-refractivity contribution in [2.24, 2.45) is 0 Å². The summed E-state index contributed by atoms with van der Waals surface area (Å²) in [6.07, 6.45) is 0.975. The van der Waals surface area contributed by atoms with Gasteiger partial charge in [-0.1, -0.05) is 17.7 Å². The van der Waals surface area contributed by atoms with Gasteiger partial charge in [0.2, 0.25) is 0 Å². The second-order valence-electron chi connectivity index (χ2n) is 7.39. The predicted molar refractivity (Wildman–Crippen MR) is 124 cm³/mol. The third kappa shape index (κ3) is 4.42. The summed E-state index contributed by atoms with van der Waals surface area (Å²) in [7, 11) is -0.517. The highest BCUT2D eigenvalue weighted by molar-refractivity contribution is 7.92. The zero-order chi connectivity index (χ0) is 22.9. The van der Waals surface area contributed by atoms with Crippen LogP contribution in [0.2, 0.25) is 5.02 Å². The average molecular weight is 497 g/mol. The molecule has 0 aliphatic carbocycles. The number of rotatable bonds is 6. The molecule has 3 aromatic rings. The number of thiazole rings is 1. The molecule has 2 heterocycles. The maximum Gasteiger partial charge on any atom is 0.185 e. The molecule has 4 rings (SSSR count). The first-order valence-electron chi connectivity index (χ1n) is 9.95. The van der Waals surface area contributed by atoms with Crippen molar-refractivity contribution in [1.82, 2.24) is 4.98 Å². The van der Waals surface area contributed by atoms with Gasteiger partial charge in [-0.25, -0.2) is 17.8 Å². The van der Waals surface area contributed by atoms with Gasteiger partial charge >= 0.3 is 0 Å². The fraction of sp³-hybridized carbons (Fsp3) is 0.318. The molecule has 0 saturated carbocycles. The zero-order valence-electron chi connectivity index (χ0n) is 17.5. The van der Waals surface area contributed by atoms with Crippen LogP contribution in [0.1, 0.15) is 12.8 Å². The summed E-state index contributed by atoms with van der Waals surface area (Å²) in [5.74, 6) is 0.390. The van der Waals surface area contributed by atoms with E-state index in [0.717, 1.165) is 5.13 Å². The number of piperidine rings is 1. The molecule has 1 fully saturated rings. The largest absolute Gasteiger partial charge is 0.493 e. The number of aromatic nitrogens is 1. The SMILES string of the molecule is COc1ccc(S(=O)(=O)C2CCN(c3nc(-c4ccc(Cl)c(F)c4)cs3)CC2)cc1OC. The summed E-state index contributed by atoms with van der Waals surface area (Å²) in [4.78, 5) is 6.92. The standard InChI is InChI=1S/C22H22ClFN2O4S2/c1-29-20-6-4-16(12-21(20)30-2)32(27,28)15-7-9-26(10-8-15)22-25-19(13-31-22)14-3-5-17(23)18(24)11-14/h3-6,11-13,15H,7-10H2,1-2H3. The predicted octanol–water partition coefficient (Wildman–Crippen LogP) is 5.06. The van der Waals surface area contributed by atoms with Crippen LogP contribution in [-0.2, 0) is 9.84 Å². The number of hydrogen-bond donors (Lipinski definition) is 0. The molecular weight excluding hydrogens is 475 g/mol. The van der Waals surface area contributed by atoms with E-state index in [2.05, 4.69) is 9.88 Å². The van der Waals surface area contributed by atoms with Gasteiger partial charge in [0, 0.05) is 30.1 Å². The number of benzene rings is 2. The summed E-state index contributed by atoms with van der Waals surface area (Å²) in [6, 6.07) is 9.28. The van der Waals surface area contributed by atoms with Gasteiger partial charge in [0.1, 0.15) is 5.82 Å². The lowest BCUT2D eigenvalue weighted by molar-refractivity contribution is 0.354. The maximum atomic E-state index is 13.8. The van der Waals surface area contributed by atoms with E-state index in [-0.39, 0.29) is 9.92 Å². The molecule has 0 unspecified atom stereocenters. The minimum absolute atomic E-state index is 0.0713. The lowest BCUT2D eigenvalue weighted by Gasteiger charge is -2.31. The molecule has 0 N–H and O–H groups in total. The maximum absolute atomic E-state index is 13.8. The first-order valence-corrected chi connectivity index (χ1v) is 12.8. The van der Waals surface area contributed by atoms with Crippen LogP contribution >= 0.6 is 22.9 Å². The van der Waals surface area contributed by atoms with Crippen molar-refractivity contribution >= 4 is 37.9 Å². The second kappa shape index (κ2) is 9.25. The number of methoxy groups -OCH3 is 2. The molecule has 0 bridgehead atoms. The second-order valence-corrected chi connectivity index (χ2v) is 10.9. The van der Waals surface area contributed by atoms with E-state index in [1.807, 2.05) is 5.38 Å². The van der Waals surface area contributed by atoms with Gasteiger partial charge in [-0.05, 0) is 37.1 Å². The van der Waals surface area contributed by atoms with Crippen LogP contribution in [0.25, 0.3) is 11.3 Å². The Kier molecular flexibility index (Phi) is 6.60. The third-order valence-corrected chi connectivity index (χ3v) is 9.01. The van der Waals surface area contributed by atoms with Crippen molar-refractivity contribution < 1.29 is 22.3 Å². The normalized spacial score (nSPS) is 15.1. The summed E-state index contributed by atoms with van der Waals surface area (Å²) < 4.78 is 50.6. The van der Waals surface area contributed by atoms with E-state index in [0.29, 0.717) is 48.7 Å². The van der Waals surface area contributed by atoms with Gasteiger partial charge in [-0.2, -0.15) is 0 Å². The van der Waals surface area contributed by atoms with Crippen LogP contribution in [0.3, 0.4) is 0 Å². The van der Waals surface area contributed by atoms with Crippen molar-refractivity contribution in [3.8, 4) is 22.8 Å². The van der Waals surface area contributed by atoms with Gasteiger partial charge in [0.25, 0.3) is 0 Å². The molecule has 10 heteroatoms. The van der Waals surface area contributed by atoms with Crippen LogP contribution in [0.5, 0.6) is 11.5 Å². The van der Waals surface area contributed by atoms with E-state index in [1.165, 1.54) is 43.8 Å². The van der Waals surface area contributed by atoms with Gasteiger partial charge in [-0.3, -0.25) is 0 Å². The van der Waals surface area contributed by atoms with Crippen LogP contribution in [0, 0.1) is 5.82 Å². The van der Waals surface area contributed by atoms with E-state index < -0.39 is 20.9 Å². The lowest BCUT2D eigenvalue weighted by Crippen LogP contribution is -2.39. The molecule has 0 radical (unpaired) electrons. The van der Waals surface area contributed by atoms with Crippen LogP contribution < -0.4 is 14.4 Å². The molecule has 0 amide bonds. The Bertz CT molecular complexity index is 1220. The van der Waals surface area contributed by atoms with Crippen LogP contribution in [-0.4, -0.2) is 46.0 Å². The molecule has 1 aliphatic rings. The fourth-order valence-electron chi connectivity index (χ4n) is 3.74. The van der Waals surface area contributed by atoms with Crippen molar-refractivity contribution in [3.63, 3.8) is 0 Å². The van der Waals surface area contributed by atoms with Gasteiger partial charge < -0.3 is 14.4 Å². The number of anilines is 1. The quantitative estimate of drug-likeness (QED) is 0.475. The van der Waals surface area contributed by atoms with E-state index in [9.17, 15) is 12.8 Å². The first kappa shape index (κ1) is 22.8. The first-order chi connectivity index (χ1) is 15.3. The molecule has 2 aromatic carbocycles. The summed E-state index contributed by atoms with van der Waals surface area (Å²) >= 11 is 7.21. The van der Waals surface area contributed by atoms with E-state index >= 15 is 0 Å². The monoisotopic (exact) mass is 496 g/mol. The number of ether oxygens (including phenoxy) is 2. The van der Waals surface area contributed by atoms with Crippen molar-refractivity contribution in [2.45, 2.75) is 23.0 Å². The molecule has 0 spiro atoms. The topological polar surface area (TPSA) is 68.7 Å². The Balaban J connectivity index is 1.46. The average Bonchev–Trinajstić information content (AvgIpc) is 3.30. The zero-order valence-corrected chi connectivity index (χ0v) is 19.9. The molecule has 0 atom stereocenters. The van der Waals surface area contributed by atoms with Crippen molar-refractivity contribution in [2.75, 3.05) is 32.2 Å². The van der Waals surface area contributed by atoms with Gasteiger partial charge in [0.15, 0.2) is 26.5 Å². The summed E-state index contributed by atoms with van der Waals surface area (Å²) in [5, 5.41) is 2.24. The highest BCUT2D eigenvalue weighted by Gasteiger charge is 2.32. The number of nitrogens with zero attached hydrogens (tertiary/aromatic N) is 2. The van der Waals surface area contributed by atoms with Gasteiger partial charge in [0.05, 0.1) is 35.1 Å². The number of sulfone groups is 1. The Morgan fingerprint density at radius 1 is 1.09 bits per heavy atom. The minimum atomic E-state index is -3.51. The highest BCUT2D eigenvalue weighted by atomic mass is 35.5. The summed E-state index contributed by atoms with van der Waals surface area (Å²) in [5.41, 5.74) is 1.32. The van der Waals surface area contributed by atoms with E-state index in [1.54, 1.807) is 18.2 Å². The number of halogens is 2. The number of hydrogen-bond acceptors (Lipinski definition) is 7. The molecule has 1 saturated heterocycles. The van der Waals surface area contributed by atoms with Crippen molar-refractivity contribution in [3.05, 3.63) is 52.6 Å². The Morgan fingerprint density at radius 3 is 2.47 bits per heavy atom. The van der Waals surface area contributed by atoms with Crippen LogP contribution in [0.4, 0.5) is 9.52 Å². The third-order valence-electron chi connectivity index (χ3n) is 5.54. The minimum Gasteiger partial charge on any atom is -0.493 e. The molecular formula is C22H22ClFN2O4S2. The Morgan fingerprint density at radius 2 is 1.81 bits per heavy atom. The highest BCUT2D eigenvalue weighted by Crippen LogP contribution is 2.35. The molecule has 1 aliphatic heterocycles. The summed E-state index contributed by atoms with van der Waals surface area (Å²) in [6.45, 7) is 1.14. The van der Waals surface area contributed by atoms with Crippen molar-refractivity contribution in [1.29, 1.82) is 0 Å². The lowest BCUT2D eigenvalue weighted by atomic mass is 10.1. The fourth-order valence-corrected chi connectivity index (χ4v) is 6.49. The Hall–Kier alpha value is -2.36. The molecule has 32 heavy (non-hydrogen) atoms. The van der Waals surface area contributed by atoms with Gasteiger partial charge in [-0.15, -0.1) is 11.3 Å². The molecule has 170 valence electrons. The Labute approximate surface area is 195 Å². The van der Waals surface area contributed by atoms with Crippen LogP contribution in [0.15, 0.2) is 46.7 Å². The smallest absolute Gasteiger partial charge is 0.185 e.